The highest BCUT2D eigenvalue weighted by Gasteiger charge is 2.39. The Balaban J connectivity index is 3.37. The van der Waals surface area contributed by atoms with Crippen molar-refractivity contribution < 1.29 is 28.7 Å². The Kier molecular flexibility index (Phi) is 9.16. The van der Waals surface area contributed by atoms with Crippen LogP contribution in [0.1, 0.15) is 13.8 Å². The van der Waals surface area contributed by atoms with E-state index in [0.717, 1.165) is 13.2 Å². The molecule has 160 valence electrons. The van der Waals surface area contributed by atoms with Gasteiger partial charge in [-0.05, 0) is 38.1 Å². The van der Waals surface area contributed by atoms with Crippen molar-refractivity contribution in [3.8, 4) is 0 Å². The third-order valence-corrected chi connectivity index (χ3v) is 4.07. The van der Waals surface area contributed by atoms with E-state index in [0.29, 0.717) is 5.57 Å². The van der Waals surface area contributed by atoms with Gasteiger partial charge in [-0.1, -0.05) is 28.8 Å². The monoisotopic (exact) mass is 456 g/mol. The van der Waals surface area contributed by atoms with Crippen molar-refractivity contribution in [2.75, 3.05) is 12.4 Å². The van der Waals surface area contributed by atoms with E-state index in [4.69, 9.17) is 28.9 Å². The summed E-state index contributed by atoms with van der Waals surface area (Å²) < 4.78 is 4.51. The average molecular weight is 457 g/mol. The number of carbonyl (C=O) groups excluding carboxylic acids is 5. The molecule has 4 N–H and O–H groups in total. The summed E-state index contributed by atoms with van der Waals surface area (Å²) in [6, 6.07) is 2.87. The number of allylic oxidation sites excluding steroid dienone is 2. The summed E-state index contributed by atoms with van der Waals surface area (Å²) in [5, 5.41) is 5.97. The Labute approximate surface area is 181 Å². The summed E-state index contributed by atoms with van der Waals surface area (Å²) in [5.74, 6) is -6.73. The van der Waals surface area contributed by atoms with Crippen LogP contribution in [0.4, 0.5) is 10.5 Å². The smallest absolute Gasteiger partial charge is 0.355 e. The summed E-state index contributed by atoms with van der Waals surface area (Å²) >= 11 is 11.7. The second kappa shape index (κ2) is 11.1. The Morgan fingerprint density at radius 1 is 1.13 bits per heavy atom. The van der Waals surface area contributed by atoms with Crippen LogP contribution in [0.3, 0.4) is 0 Å². The molecule has 0 saturated carbocycles. The maximum absolute atomic E-state index is 12.8. The molecule has 0 aliphatic heterocycles. The predicted molar refractivity (Wildman–Crippen MR) is 110 cm³/mol. The lowest BCUT2D eigenvalue weighted by Gasteiger charge is -2.14. The van der Waals surface area contributed by atoms with Gasteiger partial charge in [-0.3, -0.25) is 14.4 Å². The molecule has 10 nitrogen and oxygen atoms in total. The number of hydrogen-bond donors (Lipinski definition) is 3. The van der Waals surface area contributed by atoms with E-state index < -0.39 is 41.1 Å². The van der Waals surface area contributed by atoms with Crippen molar-refractivity contribution in [2.24, 2.45) is 16.8 Å². The van der Waals surface area contributed by atoms with Crippen LogP contribution >= 0.6 is 23.2 Å². The zero-order valence-electron chi connectivity index (χ0n) is 16.1. The maximum atomic E-state index is 12.8. The SMILES string of the molecule is COC(=O)/C(=N\NC(N)=O)C(C(=O)C=C(C)C)C(=O)C(=O)Nc1ccc(Cl)c(Cl)c1. The van der Waals surface area contributed by atoms with Crippen LogP contribution in [0.25, 0.3) is 0 Å². The molecule has 1 unspecified atom stereocenters. The highest BCUT2D eigenvalue weighted by Crippen LogP contribution is 2.25. The number of ketones is 2. The summed E-state index contributed by atoms with van der Waals surface area (Å²) in [6.45, 7) is 3.12. The number of nitrogens with two attached hydrogens (primary N) is 1. The number of anilines is 1. The number of carbonyl (C=O) groups is 5. The third-order valence-electron chi connectivity index (χ3n) is 3.33. The van der Waals surface area contributed by atoms with E-state index in [1.807, 2.05) is 0 Å². The van der Waals surface area contributed by atoms with Crippen molar-refractivity contribution in [1.29, 1.82) is 0 Å². The van der Waals surface area contributed by atoms with Gasteiger partial charge in [0.1, 0.15) is 5.92 Å². The number of hydrazone groups is 1. The minimum atomic E-state index is -2.00. The number of nitrogens with zero attached hydrogens (tertiary/aromatic N) is 1. The number of hydrogen-bond acceptors (Lipinski definition) is 7. The van der Waals surface area contributed by atoms with Gasteiger partial charge in [0.15, 0.2) is 11.5 Å². The van der Waals surface area contributed by atoms with Gasteiger partial charge < -0.3 is 15.8 Å². The molecule has 0 spiro atoms. The van der Waals surface area contributed by atoms with Crippen LogP contribution in [-0.2, 0) is 23.9 Å². The van der Waals surface area contributed by atoms with Crippen LogP contribution in [-0.4, -0.2) is 42.3 Å². The van der Waals surface area contributed by atoms with Crippen molar-refractivity contribution in [3.05, 3.63) is 39.9 Å². The van der Waals surface area contributed by atoms with Gasteiger partial charge in [0.25, 0.3) is 5.91 Å². The molecule has 0 heterocycles. The first kappa shape index (κ1) is 24.8. The Hall–Kier alpha value is -3.24. The molecule has 0 aliphatic rings. The number of benzene rings is 1. The number of amides is 3. The number of urea groups is 1. The van der Waals surface area contributed by atoms with Crippen LogP contribution in [0.2, 0.25) is 10.0 Å². The molecule has 0 aromatic heterocycles. The molecule has 3 amide bonds. The number of methoxy groups -OCH3 is 1. The summed E-state index contributed by atoms with van der Waals surface area (Å²) in [6.07, 6.45) is 1.04. The summed E-state index contributed by atoms with van der Waals surface area (Å²) in [5.41, 5.74) is 6.42. The molecule has 30 heavy (non-hydrogen) atoms. The Morgan fingerprint density at radius 3 is 2.27 bits per heavy atom. The maximum Gasteiger partial charge on any atom is 0.355 e. The van der Waals surface area contributed by atoms with E-state index in [1.54, 1.807) is 19.3 Å². The Bertz CT molecular complexity index is 954. The van der Waals surface area contributed by atoms with Crippen LogP contribution in [0, 0.1) is 5.92 Å². The van der Waals surface area contributed by atoms with E-state index in [1.165, 1.54) is 18.2 Å². The van der Waals surface area contributed by atoms with E-state index >= 15 is 0 Å². The number of esters is 1. The minimum absolute atomic E-state index is 0.113. The Morgan fingerprint density at radius 2 is 1.77 bits per heavy atom. The van der Waals surface area contributed by atoms with Gasteiger partial charge >= 0.3 is 12.0 Å². The first-order chi connectivity index (χ1) is 14.0. The van der Waals surface area contributed by atoms with E-state index in [2.05, 4.69) is 15.2 Å². The van der Waals surface area contributed by atoms with Crippen molar-refractivity contribution in [3.63, 3.8) is 0 Å². The minimum Gasteiger partial charge on any atom is -0.464 e. The molecule has 0 radical (unpaired) electrons. The number of primary amides is 1. The average Bonchev–Trinajstić information content (AvgIpc) is 2.65. The quantitative estimate of drug-likeness (QED) is 0.135. The topological polar surface area (TPSA) is 157 Å². The number of rotatable bonds is 8. The second-order valence-electron chi connectivity index (χ2n) is 5.97. The van der Waals surface area contributed by atoms with Gasteiger partial charge in [-0.15, -0.1) is 0 Å². The number of halogens is 2. The fourth-order valence-corrected chi connectivity index (χ4v) is 2.40. The normalized spacial score (nSPS) is 11.7. The third kappa shape index (κ3) is 6.98. The number of nitrogens with one attached hydrogen (secondary N) is 2. The lowest BCUT2D eigenvalue weighted by Crippen LogP contribution is -2.43. The predicted octanol–water partition coefficient (Wildman–Crippen LogP) is 1.85. The summed E-state index contributed by atoms with van der Waals surface area (Å²) in [7, 11) is 0.963. The van der Waals surface area contributed by atoms with Gasteiger partial charge in [0.05, 0.1) is 17.2 Å². The standard InChI is InChI=1S/C18H18Cl2N4O6/c1-8(2)6-12(25)13(14(17(28)30-3)23-24-18(21)29)15(26)16(27)22-9-4-5-10(19)11(20)7-9/h4-7,13H,1-3H3,(H,22,27)(H3,21,24,29)/b23-14-. The largest absolute Gasteiger partial charge is 0.464 e. The highest BCUT2D eigenvalue weighted by molar-refractivity contribution is 6.56. The number of ether oxygens (including phenoxy) is 1. The molecule has 1 atom stereocenters. The van der Waals surface area contributed by atoms with Crippen LogP contribution in [0.15, 0.2) is 34.9 Å². The van der Waals surface area contributed by atoms with Gasteiger partial charge in [0, 0.05) is 5.69 Å². The van der Waals surface area contributed by atoms with Crippen molar-refractivity contribution in [1.82, 2.24) is 5.43 Å². The summed E-state index contributed by atoms with van der Waals surface area (Å²) in [4.78, 5) is 60.9. The zero-order chi connectivity index (χ0) is 23.0. The molecule has 0 aliphatic carbocycles. The number of Topliss-reactive ketones (excluding diaryl/α,β-unsaturated/α-hetero) is 1. The van der Waals surface area contributed by atoms with Crippen LogP contribution in [0.5, 0.6) is 0 Å². The molecule has 0 fully saturated rings. The first-order valence-corrected chi connectivity index (χ1v) is 8.93. The molecule has 0 saturated heterocycles. The fourth-order valence-electron chi connectivity index (χ4n) is 2.10. The molecule has 1 rings (SSSR count). The molecular formula is C18H18Cl2N4O6. The second-order valence-corrected chi connectivity index (χ2v) is 6.78. The molecule has 1 aromatic rings. The fraction of sp³-hybridized carbons (Fsp3) is 0.222. The van der Waals surface area contributed by atoms with Gasteiger partial charge in [0.2, 0.25) is 5.78 Å². The first-order valence-electron chi connectivity index (χ1n) is 8.18. The highest BCUT2D eigenvalue weighted by atomic mass is 35.5. The van der Waals surface area contributed by atoms with E-state index in [9.17, 15) is 24.0 Å². The van der Waals surface area contributed by atoms with E-state index in [-0.39, 0.29) is 15.7 Å². The molecule has 1 aromatic carbocycles. The lowest BCUT2D eigenvalue weighted by atomic mass is 9.91. The zero-order valence-corrected chi connectivity index (χ0v) is 17.6. The van der Waals surface area contributed by atoms with Gasteiger partial charge in [-0.25, -0.2) is 15.0 Å². The van der Waals surface area contributed by atoms with Crippen LogP contribution < -0.4 is 16.5 Å². The molecule has 12 heteroatoms. The van der Waals surface area contributed by atoms with Crippen molar-refractivity contribution in [2.45, 2.75) is 13.8 Å². The lowest BCUT2D eigenvalue weighted by molar-refractivity contribution is -0.140. The molecule has 0 bridgehead atoms. The van der Waals surface area contributed by atoms with Gasteiger partial charge in [-0.2, -0.15) is 5.10 Å². The molecular weight excluding hydrogens is 439 g/mol. The van der Waals surface area contributed by atoms with Crippen molar-refractivity contribution >= 4 is 64.1 Å².